The van der Waals surface area contributed by atoms with Crippen LogP contribution in [0.3, 0.4) is 0 Å². The smallest absolute Gasteiger partial charge is 0.0360 e. The molecule has 20 heavy (non-hydrogen) atoms. The summed E-state index contributed by atoms with van der Waals surface area (Å²) < 4.78 is 1.14. The van der Waals surface area contributed by atoms with Crippen molar-refractivity contribution >= 4 is 15.9 Å². The normalized spacial score (nSPS) is 30.7. The average Bonchev–Trinajstić information content (AvgIpc) is 2.44. The van der Waals surface area contributed by atoms with E-state index in [1.165, 1.54) is 24.8 Å². The lowest BCUT2D eigenvalue weighted by molar-refractivity contribution is 0.00904. The molecule has 1 fully saturated rings. The second-order valence-corrected chi connectivity index (χ2v) is 7.49. The first-order chi connectivity index (χ1) is 9.48. The second-order valence-electron chi connectivity index (χ2n) is 6.58. The summed E-state index contributed by atoms with van der Waals surface area (Å²) >= 11 is 3.50. The SMILES string of the molecule is CC1CCC(C)C(CN)(N(C)Cc2ccc(Br)cc2)C1. The zero-order chi connectivity index (χ0) is 14.8. The highest BCUT2D eigenvalue weighted by atomic mass is 79.9. The van der Waals surface area contributed by atoms with E-state index in [4.69, 9.17) is 5.73 Å². The number of hydrogen-bond donors (Lipinski definition) is 1. The van der Waals surface area contributed by atoms with Gasteiger partial charge in [-0.3, -0.25) is 4.90 Å². The monoisotopic (exact) mass is 338 g/mol. The van der Waals surface area contributed by atoms with Crippen LogP contribution in [0.4, 0.5) is 0 Å². The summed E-state index contributed by atoms with van der Waals surface area (Å²) in [6.07, 6.45) is 3.86. The van der Waals surface area contributed by atoms with Gasteiger partial charge in [0.25, 0.3) is 0 Å². The van der Waals surface area contributed by atoms with Gasteiger partial charge in [-0.2, -0.15) is 0 Å². The van der Waals surface area contributed by atoms with Crippen molar-refractivity contribution in [2.45, 2.75) is 45.2 Å². The van der Waals surface area contributed by atoms with Crippen LogP contribution in [-0.2, 0) is 6.54 Å². The van der Waals surface area contributed by atoms with Gasteiger partial charge in [0.15, 0.2) is 0 Å². The maximum absolute atomic E-state index is 6.22. The third-order valence-electron chi connectivity index (χ3n) is 5.16. The Morgan fingerprint density at radius 1 is 1.25 bits per heavy atom. The van der Waals surface area contributed by atoms with E-state index in [9.17, 15) is 0 Å². The fraction of sp³-hybridized carbons (Fsp3) is 0.647. The molecule has 0 bridgehead atoms. The summed E-state index contributed by atoms with van der Waals surface area (Å²) in [5.41, 5.74) is 7.73. The van der Waals surface area contributed by atoms with Gasteiger partial charge < -0.3 is 5.73 Å². The van der Waals surface area contributed by atoms with Crippen LogP contribution in [0, 0.1) is 11.8 Å². The van der Waals surface area contributed by atoms with E-state index >= 15 is 0 Å². The van der Waals surface area contributed by atoms with Crippen LogP contribution in [0.2, 0.25) is 0 Å². The first-order valence-electron chi connectivity index (χ1n) is 7.63. The first kappa shape index (κ1) is 16.0. The highest BCUT2D eigenvalue weighted by Crippen LogP contribution is 2.40. The number of rotatable bonds is 4. The van der Waals surface area contributed by atoms with E-state index in [1.54, 1.807) is 0 Å². The van der Waals surface area contributed by atoms with Gasteiger partial charge in [-0.1, -0.05) is 48.3 Å². The van der Waals surface area contributed by atoms with E-state index in [0.29, 0.717) is 5.92 Å². The number of benzene rings is 1. The summed E-state index contributed by atoms with van der Waals surface area (Å²) in [6.45, 7) is 6.47. The van der Waals surface area contributed by atoms with Gasteiger partial charge in [-0.15, -0.1) is 0 Å². The maximum atomic E-state index is 6.22. The molecule has 1 aliphatic carbocycles. The van der Waals surface area contributed by atoms with Gasteiger partial charge in [0.05, 0.1) is 0 Å². The minimum atomic E-state index is 0.157. The molecule has 0 saturated heterocycles. The van der Waals surface area contributed by atoms with E-state index in [1.807, 2.05) is 0 Å². The molecule has 0 amide bonds. The van der Waals surface area contributed by atoms with Crippen LogP contribution in [0.1, 0.15) is 38.7 Å². The molecule has 0 heterocycles. The van der Waals surface area contributed by atoms with Crippen molar-refractivity contribution in [2.24, 2.45) is 17.6 Å². The molecule has 3 unspecified atom stereocenters. The topological polar surface area (TPSA) is 29.3 Å². The van der Waals surface area contributed by atoms with Crippen LogP contribution in [0.15, 0.2) is 28.7 Å². The van der Waals surface area contributed by atoms with Crippen LogP contribution < -0.4 is 5.73 Å². The molecule has 112 valence electrons. The van der Waals surface area contributed by atoms with Crippen LogP contribution >= 0.6 is 15.9 Å². The van der Waals surface area contributed by atoms with Crippen molar-refractivity contribution in [3.8, 4) is 0 Å². The summed E-state index contributed by atoms with van der Waals surface area (Å²) in [4.78, 5) is 2.50. The van der Waals surface area contributed by atoms with E-state index in [0.717, 1.165) is 23.5 Å². The van der Waals surface area contributed by atoms with E-state index in [2.05, 4.69) is 66.0 Å². The minimum absolute atomic E-state index is 0.157. The fourth-order valence-electron chi connectivity index (χ4n) is 3.70. The zero-order valence-electron chi connectivity index (χ0n) is 12.9. The number of likely N-dealkylation sites (N-methyl/N-ethyl adjacent to an activating group) is 1. The average molecular weight is 339 g/mol. The summed E-state index contributed by atoms with van der Waals surface area (Å²) in [6, 6.07) is 8.62. The lowest BCUT2D eigenvalue weighted by Crippen LogP contribution is -2.58. The predicted octanol–water partition coefficient (Wildman–Crippen LogP) is 4.03. The van der Waals surface area contributed by atoms with Crippen molar-refractivity contribution < 1.29 is 0 Å². The van der Waals surface area contributed by atoms with E-state index in [-0.39, 0.29) is 5.54 Å². The van der Waals surface area contributed by atoms with Crippen molar-refractivity contribution in [2.75, 3.05) is 13.6 Å². The molecular weight excluding hydrogens is 312 g/mol. The molecule has 1 aliphatic rings. The molecule has 1 aromatic carbocycles. The van der Waals surface area contributed by atoms with Crippen LogP contribution in [0.25, 0.3) is 0 Å². The van der Waals surface area contributed by atoms with E-state index < -0.39 is 0 Å². The van der Waals surface area contributed by atoms with Gasteiger partial charge in [0.1, 0.15) is 0 Å². The third-order valence-corrected chi connectivity index (χ3v) is 5.69. The first-order valence-corrected chi connectivity index (χ1v) is 8.43. The Morgan fingerprint density at radius 2 is 1.90 bits per heavy atom. The standard InChI is InChI=1S/C17H27BrN2/c1-13-4-5-14(2)17(10-13,12-19)20(3)11-15-6-8-16(18)9-7-15/h6-9,13-14H,4-5,10-12,19H2,1-3H3. The molecule has 0 radical (unpaired) electrons. The Balaban J connectivity index is 2.15. The molecule has 0 aliphatic heterocycles. The second kappa shape index (κ2) is 6.59. The highest BCUT2D eigenvalue weighted by Gasteiger charge is 2.42. The lowest BCUT2D eigenvalue weighted by atomic mass is 9.68. The van der Waals surface area contributed by atoms with Crippen LogP contribution in [-0.4, -0.2) is 24.0 Å². The molecule has 3 heteroatoms. The van der Waals surface area contributed by atoms with Gasteiger partial charge in [-0.25, -0.2) is 0 Å². The number of nitrogens with zero attached hydrogens (tertiary/aromatic N) is 1. The highest BCUT2D eigenvalue weighted by molar-refractivity contribution is 9.10. The van der Waals surface area contributed by atoms with Crippen molar-refractivity contribution in [1.82, 2.24) is 4.90 Å². The quantitative estimate of drug-likeness (QED) is 0.897. The molecule has 2 N–H and O–H groups in total. The Bertz CT molecular complexity index is 431. The van der Waals surface area contributed by atoms with Gasteiger partial charge in [0, 0.05) is 23.1 Å². The minimum Gasteiger partial charge on any atom is -0.329 e. The Morgan fingerprint density at radius 3 is 2.50 bits per heavy atom. The summed E-state index contributed by atoms with van der Waals surface area (Å²) in [7, 11) is 2.24. The number of hydrogen-bond acceptors (Lipinski definition) is 2. The largest absolute Gasteiger partial charge is 0.329 e. The van der Waals surface area contributed by atoms with Gasteiger partial charge in [-0.05, 0) is 49.4 Å². The molecule has 0 spiro atoms. The number of nitrogens with two attached hydrogens (primary N) is 1. The molecule has 2 nitrogen and oxygen atoms in total. The number of halogens is 1. The summed E-state index contributed by atoms with van der Waals surface area (Å²) in [5.74, 6) is 1.45. The maximum Gasteiger partial charge on any atom is 0.0360 e. The van der Waals surface area contributed by atoms with Gasteiger partial charge in [0.2, 0.25) is 0 Å². The molecule has 1 saturated carbocycles. The Labute approximate surface area is 131 Å². The summed E-state index contributed by atoms with van der Waals surface area (Å²) in [5, 5.41) is 0. The van der Waals surface area contributed by atoms with Crippen molar-refractivity contribution in [3.05, 3.63) is 34.3 Å². The predicted molar refractivity (Wildman–Crippen MR) is 89.6 cm³/mol. The lowest BCUT2D eigenvalue weighted by Gasteiger charge is -2.50. The molecule has 1 aromatic rings. The van der Waals surface area contributed by atoms with Gasteiger partial charge >= 0.3 is 0 Å². The molecule has 3 atom stereocenters. The van der Waals surface area contributed by atoms with Crippen molar-refractivity contribution in [3.63, 3.8) is 0 Å². The Kier molecular flexibility index (Phi) is 5.27. The fourth-order valence-corrected chi connectivity index (χ4v) is 3.97. The third kappa shape index (κ3) is 3.26. The van der Waals surface area contributed by atoms with Crippen molar-refractivity contribution in [1.29, 1.82) is 0 Å². The Hall–Kier alpha value is -0.380. The zero-order valence-corrected chi connectivity index (χ0v) is 14.5. The van der Waals surface area contributed by atoms with Crippen LogP contribution in [0.5, 0.6) is 0 Å². The molecule has 2 rings (SSSR count). The molecule has 0 aromatic heterocycles. The molecular formula is C17H27BrN2.